The molecule has 0 N–H and O–H groups in total. The molecule has 2 heterocycles. The lowest BCUT2D eigenvalue weighted by Crippen LogP contribution is -2.39. The summed E-state index contributed by atoms with van der Waals surface area (Å²) in [4.78, 5) is 27.0. The zero-order valence-corrected chi connectivity index (χ0v) is 15.6. The third-order valence-corrected chi connectivity index (χ3v) is 5.34. The molecule has 5 nitrogen and oxygen atoms in total. The number of rotatable bonds is 3. The van der Waals surface area contributed by atoms with Gasteiger partial charge in [-0.25, -0.2) is 0 Å². The number of fused-ring (bicyclic) bond motifs is 1. The molecule has 1 aromatic heterocycles. The lowest BCUT2D eigenvalue weighted by atomic mass is 10.0. The number of hydrogen-bond donors (Lipinski definition) is 0. The highest BCUT2D eigenvalue weighted by Gasteiger charge is 2.18. The van der Waals surface area contributed by atoms with Gasteiger partial charge in [-0.2, -0.15) is 5.26 Å². The summed E-state index contributed by atoms with van der Waals surface area (Å²) >= 11 is 0. The SMILES string of the molecule is N#Cc1ccc(-c2ccc3c(ccc(=O)n3CC(=O)N3CCCCC3)c2)cc1. The molecule has 1 fully saturated rings. The van der Waals surface area contributed by atoms with Gasteiger partial charge in [0.2, 0.25) is 5.91 Å². The quantitative estimate of drug-likeness (QED) is 0.707. The number of nitriles is 1. The van der Waals surface area contributed by atoms with E-state index in [1.54, 1.807) is 22.8 Å². The second-order valence-electron chi connectivity index (χ2n) is 7.16. The minimum absolute atomic E-state index is 0.00506. The van der Waals surface area contributed by atoms with Crippen molar-refractivity contribution in [2.45, 2.75) is 25.8 Å². The fourth-order valence-corrected chi connectivity index (χ4v) is 3.76. The monoisotopic (exact) mass is 371 g/mol. The summed E-state index contributed by atoms with van der Waals surface area (Å²) < 4.78 is 1.56. The Bertz CT molecular complexity index is 1120. The summed E-state index contributed by atoms with van der Waals surface area (Å²) in [6.07, 6.45) is 3.23. The van der Waals surface area contributed by atoms with Crippen LogP contribution in [-0.4, -0.2) is 28.5 Å². The molecular weight excluding hydrogens is 350 g/mol. The molecule has 2 aromatic carbocycles. The number of carbonyl (C=O) groups excluding carboxylic acids is 1. The minimum Gasteiger partial charge on any atom is -0.341 e. The third kappa shape index (κ3) is 3.54. The van der Waals surface area contributed by atoms with Crippen LogP contribution in [0.2, 0.25) is 0 Å². The van der Waals surface area contributed by atoms with Gasteiger partial charge >= 0.3 is 0 Å². The van der Waals surface area contributed by atoms with Crippen molar-refractivity contribution in [1.82, 2.24) is 9.47 Å². The summed E-state index contributed by atoms with van der Waals surface area (Å²) in [5.41, 5.74) is 3.22. The van der Waals surface area contributed by atoms with Gasteiger partial charge in [-0.05, 0) is 66.1 Å². The lowest BCUT2D eigenvalue weighted by Gasteiger charge is -2.27. The molecule has 140 valence electrons. The number of benzene rings is 2. The number of pyridine rings is 1. The minimum atomic E-state index is -0.163. The number of aromatic nitrogens is 1. The van der Waals surface area contributed by atoms with E-state index in [0.717, 1.165) is 54.4 Å². The van der Waals surface area contributed by atoms with E-state index in [1.807, 2.05) is 35.2 Å². The van der Waals surface area contributed by atoms with Crippen LogP contribution < -0.4 is 5.56 Å². The number of piperidine rings is 1. The second-order valence-corrected chi connectivity index (χ2v) is 7.16. The van der Waals surface area contributed by atoms with Gasteiger partial charge in [-0.1, -0.05) is 18.2 Å². The lowest BCUT2D eigenvalue weighted by molar-refractivity contribution is -0.132. The summed E-state index contributed by atoms with van der Waals surface area (Å²) in [5, 5.41) is 9.86. The molecule has 3 aromatic rings. The second kappa shape index (κ2) is 7.69. The Morgan fingerprint density at radius 2 is 1.64 bits per heavy atom. The molecule has 5 heteroatoms. The van der Waals surface area contributed by atoms with Gasteiger partial charge in [0.05, 0.1) is 17.1 Å². The van der Waals surface area contributed by atoms with Crippen molar-refractivity contribution in [3.05, 3.63) is 70.5 Å². The van der Waals surface area contributed by atoms with Crippen molar-refractivity contribution in [1.29, 1.82) is 5.26 Å². The Hall–Kier alpha value is -3.39. The van der Waals surface area contributed by atoms with Crippen molar-refractivity contribution in [3.63, 3.8) is 0 Å². The van der Waals surface area contributed by atoms with Crippen LogP contribution in [0.4, 0.5) is 0 Å². The Morgan fingerprint density at radius 1 is 0.929 bits per heavy atom. The van der Waals surface area contributed by atoms with Crippen LogP contribution >= 0.6 is 0 Å². The van der Waals surface area contributed by atoms with E-state index in [4.69, 9.17) is 5.26 Å². The van der Waals surface area contributed by atoms with Crippen molar-refractivity contribution < 1.29 is 4.79 Å². The zero-order valence-electron chi connectivity index (χ0n) is 15.6. The summed E-state index contributed by atoms with van der Waals surface area (Å²) in [6, 6.07) is 18.7. The molecule has 0 radical (unpaired) electrons. The number of hydrogen-bond acceptors (Lipinski definition) is 3. The van der Waals surface area contributed by atoms with Crippen LogP contribution in [0, 0.1) is 11.3 Å². The zero-order chi connectivity index (χ0) is 19.5. The number of carbonyl (C=O) groups is 1. The van der Waals surface area contributed by atoms with Crippen molar-refractivity contribution >= 4 is 16.8 Å². The van der Waals surface area contributed by atoms with Crippen LogP contribution in [0.1, 0.15) is 24.8 Å². The van der Waals surface area contributed by atoms with Crippen molar-refractivity contribution in [3.8, 4) is 17.2 Å². The molecule has 0 aliphatic carbocycles. The highest BCUT2D eigenvalue weighted by atomic mass is 16.2. The first kappa shape index (κ1) is 18.0. The van der Waals surface area contributed by atoms with Gasteiger partial charge in [0.25, 0.3) is 5.56 Å². The molecule has 28 heavy (non-hydrogen) atoms. The van der Waals surface area contributed by atoms with Crippen LogP contribution in [0.25, 0.3) is 22.0 Å². The highest BCUT2D eigenvalue weighted by Crippen LogP contribution is 2.24. The molecule has 0 unspecified atom stereocenters. The maximum Gasteiger partial charge on any atom is 0.251 e. The molecule has 1 saturated heterocycles. The maximum atomic E-state index is 12.7. The van der Waals surface area contributed by atoms with Crippen molar-refractivity contribution in [2.75, 3.05) is 13.1 Å². The molecule has 0 atom stereocenters. The Kier molecular flexibility index (Phi) is 4.94. The fourth-order valence-electron chi connectivity index (χ4n) is 3.76. The van der Waals surface area contributed by atoms with Crippen molar-refractivity contribution in [2.24, 2.45) is 0 Å². The Balaban J connectivity index is 1.67. The molecule has 0 bridgehead atoms. The van der Waals surface area contributed by atoms with Gasteiger partial charge in [-0.15, -0.1) is 0 Å². The van der Waals surface area contributed by atoms with Crippen LogP contribution in [0.5, 0.6) is 0 Å². The Labute approximate surface area is 163 Å². The molecule has 1 amide bonds. The van der Waals surface area contributed by atoms with E-state index < -0.39 is 0 Å². The molecule has 0 spiro atoms. The molecule has 1 aliphatic rings. The van der Waals surface area contributed by atoms with E-state index in [2.05, 4.69) is 6.07 Å². The molecule has 0 saturated carbocycles. The van der Waals surface area contributed by atoms with E-state index in [-0.39, 0.29) is 18.0 Å². The van der Waals surface area contributed by atoms with Crippen LogP contribution in [-0.2, 0) is 11.3 Å². The fraction of sp³-hybridized carbons (Fsp3) is 0.261. The number of nitrogens with zero attached hydrogens (tertiary/aromatic N) is 3. The largest absolute Gasteiger partial charge is 0.341 e. The molecule has 4 rings (SSSR count). The molecular formula is C23H21N3O2. The predicted octanol–water partition coefficient (Wildman–Crippen LogP) is 3.55. The summed E-state index contributed by atoms with van der Waals surface area (Å²) in [6.45, 7) is 1.63. The van der Waals surface area contributed by atoms with E-state index >= 15 is 0 Å². The van der Waals surface area contributed by atoms with Gasteiger partial charge in [0.1, 0.15) is 6.54 Å². The average molecular weight is 371 g/mol. The van der Waals surface area contributed by atoms with E-state index in [1.165, 1.54) is 6.07 Å². The number of amides is 1. The van der Waals surface area contributed by atoms with Gasteiger partial charge in [-0.3, -0.25) is 14.2 Å². The number of likely N-dealkylation sites (tertiary alicyclic amines) is 1. The maximum absolute atomic E-state index is 12.7. The van der Waals surface area contributed by atoms with Gasteiger partial charge in [0, 0.05) is 19.2 Å². The average Bonchev–Trinajstić information content (AvgIpc) is 2.76. The third-order valence-electron chi connectivity index (χ3n) is 5.34. The standard InChI is InChI=1S/C23H21N3O2/c24-15-17-4-6-18(7-5-17)19-8-10-21-20(14-19)9-11-22(27)26(21)16-23(28)25-12-2-1-3-13-25/h4-11,14H,1-3,12-13,16H2. The Morgan fingerprint density at radius 3 is 2.36 bits per heavy atom. The topological polar surface area (TPSA) is 66.1 Å². The smallest absolute Gasteiger partial charge is 0.251 e. The summed E-state index contributed by atoms with van der Waals surface area (Å²) in [7, 11) is 0. The molecule has 1 aliphatic heterocycles. The van der Waals surface area contributed by atoms with E-state index in [9.17, 15) is 9.59 Å². The summed E-state index contributed by atoms with van der Waals surface area (Å²) in [5.74, 6) is 0.00506. The van der Waals surface area contributed by atoms with Crippen LogP contribution in [0.3, 0.4) is 0 Å². The highest BCUT2D eigenvalue weighted by molar-refractivity contribution is 5.86. The first-order valence-electron chi connectivity index (χ1n) is 9.57. The van der Waals surface area contributed by atoms with Gasteiger partial charge in [0.15, 0.2) is 0 Å². The first-order valence-corrected chi connectivity index (χ1v) is 9.57. The van der Waals surface area contributed by atoms with E-state index in [0.29, 0.717) is 5.56 Å². The predicted molar refractivity (Wildman–Crippen MR) is 109 cm³/mol. The van der Waals surface area contributed by atoms with Gasteiger partial charge < -0.3 is 4.90 Å². The van der Waals surface area contributed by atoms with Crippen LogP contribution in [0.15, 0.2) is 59.4 Å². The first-order chi connectivity index (χ1) is 13.7. The normalized spacial score (nSPS) is 14.0.